The van der Waals surface area contributed by atoms with Gasteiger partial charge in [0.25, 0.3) is 0 Å². The number of aromatic nitrogens is 1. The number of ketones is 1. The Morgan fingerprint density at radius 3 is 2.32 bits per heavy atom. The van der Waals surface area contributed by atoms with Crippen molar-refractivity contribution in [1.82, 2.24) is 4.98 Å². The zero-order chi connectivity index (χ0) is 14.0. The van der Waals surface area contributed by atoms with Gasteiger partial charge < -0.3 is 0 Å². The van der Waals surface area contributed by atoms with E-state index >= 15 is 0 Å². The van der Waals surface area contributed by atoms with Crippen molar-refractivity contribution < 1.29 is 4.79 Å². The second-order valence-electron chi connectivity index (χ2n) is 7.03. The van der Waals surface area contributed by atoms with Gasteiger partial charge in [0, 0.05) is 23.9 Å². The molecule has 0 radical (unpaired) electrons. The van der Waals surface area contributed by atoms with Crippen molar-refractivity contribution in [1.29, 1.82) is 0 Å². The first kappa shape index (κ1) is 14.2. The van der Waals surface area contributed by atoms with Crippen LogP contribution in [0.3, 0.4) is 0 Å². The zero-order valence-electron chi connectivity index (χ0n) is 12.6. The summed E-state index contributed by atoms with van der Waals surface area (Å²) in [4.78, 5) is 16.6. The molecule has 2 heteroatoms. The summed E-state index contributed by atoms with van der Waals surface area (Å²) in [7, 11) is 0. The van der Waals surface area contributed by atoms with Crippen LogP contribution in [-0.4, -0.2) is 10.8 Å². The molecule has 1 saturated carbocycles. The van der Waals surface area contributed by atoms with Gasteiger partial charge in [0.15, 0.2) is 5.78 Å². The van der Waals surface area contributed by atoms with E-state index in [9.17, 15) is 4.79 Å². The quantitative estimate of drug-likeness (QED) is 0.736. The van der Waals surface area contributed by atoms with Crippen molar-refractivity contribution in [3.63, 3.8) is 0 Å². The first-order valence-corrected chi connectivity index (χ1v) is 7.34. The van der Waals surface area contributed by atoms with Gasteiger partial charge in [-0.05, 0) is 55.6 Å². The summed E-state index contributed by atoms with van der Waals surface area (Å²) in [5, 5.41) is 0. The molecular weight excluding hydrogens is 234 g/mol. The van der Waals surface area contributed by atoms with Crippen LogP contribution < -0.4 is 0 Å². The molecule has 0 aliphatic heterocycles. The predicted molar refractivity (Wildman–Crippen MR) is 78.2 cm³/mol. The van der Waals surface area contributed by atoms with E-state index in [0.717, 1.165) is 29.9 Å². The average molecular weight is 259 g/mol. The topological polar surface area (TPSA) is 30.0 Å². The number of hydrogen-bond donors (Lipinski definition) is 0. The maximum absolute atomic E-state index is 12.5. The van der Waals surface area contributed by atoms with Gasteiger partial charge >= 0.3 is 0 Å². The van der Waals surface area contributed by atoms with Crippen LogP contribution in [0.1, 0.15) is 62.4 Å². The molecule has 2 nitrogen and oxygen atoms in total. The van der Waals surface area contributed by atoms with Gasteiger partial charge in [-0.25, -0.2) is 0 Å². The lowest BCUT2D eigenvalue weighted by atomic mass is 9.69. The van der Waals surface area contributed by atoms with E-state index in [1.54, 1.807) is 12.4 Å². The Labute approximate surface area is 116 Å². The number of pyridine rings is 1. The molecule has 1 heterocycles. The second kappa shape index (κ2) is 5.44. The molecule has 1 aromatic rings. The van der Waals surface area contributed by atoms with Crippen molar-refractivity contribution >= 4 is 5.78 Å². The summed E-state index contributed by atoms with van der Waals surface area (Å²) in [6, 6.07) is 1.96. The summed E-state index contributed by atoms with van der Waals surface area (Å²) < 4.78 is 0. The lowest BCUT2D eigenvalue weighted by Gasteiger charge is -2.36. The molecular formula is C17H25NO. The Morgan fingerprint density at radius 2 is 1.79 bits per heavy atom. The van der Waals surface area contributed by atoms with Crippen molar-refractivity contribution in [2.24, 2.45) is 17.3 Å². The number of nitrogens with zero attached hydrogens (tertiary/aromatic N) is 1. The van der Waals surface area contributed by atoms with E-state index in [1.165, 1.54) is 12.8 Å². The molecule has 1 fully saturated rings. The van der Waals surface area contributed by atoms with Crippen LogP contribution >= 0.6 is 0 Å². The molecule has 1 aliphatic rings. The Bertz CT molecular complexity index is 451. The minimum atomic E-state index is 0.210. The third-order valence-electron chi connectivity index (χ3n) is 4.48. The van der Waals surface area contributed by atoms with Gasteiger partial charge in [0.1, 0.15) is 0 Å². The molecule has 104 valence electrons. The molecule has 0 bridgehead atoms. The lowest BCUT2D eigenvalue weighted by molar-refractivity contribution is 0.0819. The lowest BCUT2D eigenvalue weighted by Crippen LogP contribution is -2.28. The Morgan fingerprint density at radius 1 is 1.16 bits per heavy atom. The number of hydrogen-bond acceptors (Lipinski definition) is 2. The van der Waals surface area contributed by atoms with Gasteiger partial charge in [-0.15, -0.1) is 0 Å². The molecule has 0 unspecified atom stereocenters. The second-order valence-corrected chi connectivity index (χ2v) is 7.03. The van der Waals surface area contributed by atoms with E-state index in [4.69, 9.17) is 0 Å². The van der Waals surface area contributed by atoms with E-state index in [-0.39, 0.29) is 5.92 Å². The minimum absolute atomic E-state index is 0.210. The van der Waals surface area contributed by atoms with Crippen LogP contribution in [0.5, 0.6) is 0 Å². The molecule has 2 rings (SSSR count). The minimum Gasteiger partial charge on any atom is -0.294 e. The number of rotatable bonds is 2. The number of Topliss-reactive ketones (excluding diaryl/α,β-unsaturated/α-hetero) is 1. The van der Waals surface area contributed by atoms with E-state index in [0.29, 0.717) is 11.2 Å². The SMILES string of the molecule is Cc1cncc(C(=O)C2CCC(C(C)(C)C)CC2)c1. The highest BCUT2D eigenvalue weighted by Crippen LogP contribution is 2.40. The number of carbonyl (C=O) groups excluding carboxylic acids is 1. The fourth-order valence-electron chi connectivity index (χ4n) is 3.15. The first-order valence-electron chi connectivity index (χ1n) is 7.34. The Balaban J connectivity index is 2.00. The molecule has 0 amide bonds. The smallest absolute Gasteiger partial charge is 0.167 e. The van der Waals surface area contributed by atoms with Gasteiger partial charge in [-0.3, -0.25) is 9.78 Å². The average Bonchev–Trinajstić information content (AvgIpc) is 2.37. The van der Waals surface area contributed by atoms with Crippen LogP contribution in [0.25, 0.3) is 0 Å². The maximum atomic E-state index is 12.5. The third-order valence-corrected chi connectivity index (χ3v) is 4.48. The predicted octanol–water partition coefficient (Wildman–Crippen LogP) is 4.43. The van der Waals surface area contributed by atoms with Crippen LogP contribution in [0.2, 0.25) is 0 Å². The van der Waals surface area contributed by atoms with E-state index in [1.807, 2.05) is 13.0 Å². The highest BCUT2D eigenvalue weighted by molar-refractivity contribution is 5.97. The van der Waals surface area contributed by atoms with Gasteiger partial charge in [-0.2, -0.15) is 0 Å². The van der Waals surface area contributed by atoms with Gasteiger partial charge in [0.2, 0.25) is 0 Å². The number of carbonyl (C=O) groups is 1. The molecule has 0 N–H and O–H groups in total. The van der Waals surface area contributed by atoms with Crippen LogP contribution in [0.15, 0.2) is 18.5 Å². The maximum Gasteiger partial charge on any atom is 0.167 e. The first-order chi connectivity index (χ1) is 8.88. The Hall–Kier alpha value is -1.18. The highest BCUT2D eigenvalue weighted by Gasteiger charge is 2.32. The molecule has 0 saturated heterocycles. The normalized spacial score (nSPS) is 24.2. The van der Waals surface area contributed by atoms with Crippen LogP contribution in [-0.2, 0) is 0 Å². The third kappa shape index (κ3) is 3.43. The highest BCUT2D eigenvalue weighted by atomic mass is 16.1. The van der Waals surface area contributed by atoms with Crippen molar-refractivity contribution in [3.8, 4) is 0 Å². The molecule has 0 spiro atoms. The zero-order valence-corrected chi connectivity index (χ0v) is 12.6. The summed E-state index contributed by atoms with van der Waals surface area (Å²) in [5.41, 5.74) is 2.23. The molecule has 1 aromatic heterocycles. The molecule has 1 aliphatic carbocycles. The van der Waals surface area contributed by atoms with Crippen LogP contribution in [0.4, 0.5) is 0 Å². The fourth-order valence-corrected chi connectivity index (χ4v) is 3.15. The van der Waals surface area contributed by atoms with Crippen molar-refractivity contribution in [3.05, 3.63) is 29.6 Å². The van der Waals surface area contributed by atoms with E-state index < -0.39 is 0 Å². The van der Waals surface area contributed by atoms with Crippen molar-refractivity contribution in [2.75, 3.05) is 0 Å². The largest absolute Gasteiger partial charge is 0.294 e. The summed E-state index contributed by atoms with van der Waals surface area (Å²) in [5.74, 6) is 1.26. The molecule has 0 aromatic carbocycles. The van der Waals surface area contributed by atoms with Crippen molar-refractivity contribution in [2.45, 2.75) is 53.4 Å². The molecule has 19 heavy (non-hydrogen) atoms. The summed E-state index contributed by atoms with van der Waals surface area (Å²) in [6.07, 6.45) is 7.94. The van der Waals surface area contributed by atoms with Gasteiger partial charge in [-0.1, -0.05) is 20.8 Å². The van der Waals surface area contributed by atoms with E-state index in [2.05, 4.69) is 25.8 Å². The summed E-state index contributed by atoms with van der Waals surface area (Å²) >= 11 is 0. The monoisotopic (exact) mass is 259 g/mol. The standard InChI is InChI=1S/C17H25NO/c1-12-9-14(11-18-10-12)16(19)13-5-7-15(8-6-13)17(2,3)4/h9-11,13,15H,5-8H2,1-4H3. The molecule has 0 atom stereocenters. The Kier molecular flexibility index (Phi) is 4.07. The fraction of sp³-hybridized carbons (Fsp3) is 0.647. The van der Waals surface area contributed by atoms with Crippen LogP contribution in [0, 0.1) is 24.2 Å². The van der Waals surface area contributed by atoms with Gasteiger partial charge in [0.05, 0.1) is 0 Å². The summed E-state index contributed by atoms with van der Waals surface area (Å²) in [6.45, 7) is 8.92. The number of aryl methyl sites for hydroxylation is 1.